The lowest BCUT2D eigenvalue weighted by atomic mass is 10.3. The first-order chi connectivity index (χ1) is 11.7. The fraction of sp³-hybridized carbons (Fsp3) is 0.130. The molecule has 0 heterocycles. The minimum Gasteiger partial charge on any atom is -0.100 e. The Bertz CT molecular complexity index is 679. The van der Waals surface area contributed by atoms with Crippen molar-refractivity contribution in [3.05, 3.63) is 103 Å². The molecule has 0 saturated heterocycles. The van der Waals surface area contributed by atoms with Gasteiger partial charge in [-0.3, -0.25) is 0 Å². The summed E-state index contributed by atoms with van der Waals surface area (Å²) in [5, 5.41) is 4.43. The molecule has 0 aromatic heterocycles. The van der Waals surface area contributed by atoms with Crippen molar-refractivity contribution in [3.8, 4) is 0 Å². The van der Waals surface area contributed by atoms with Gasteiger partial charge in [-0.25, -0.2) is 0 Å². The second-order valence-corrected chi connectivity index (χ2v) is 10.5. The number of hydrogen-bond donors (Lipinski definition) is 0. The molecule has 0 N–H and O–H groups in total. The highest BCUT2D eigenvalue weighted by Crippen LogP contribution is 2.17. The Morgan fingerprint density at radius 2 is 1.00 bits per heavy atom. The summed E-state index contributed by atoms with van der Waals surface area (Å²) >= 11 is 0. The van der Waals surface area contributed by atoms with Gasteiger partial charge in [0.05, 0.1) is 0 Å². The van der Waals surface area contributed by atoms with Crippen LogP contribution < -0.4 is 15.6 Å². The molecule has 120 valence electrons. The van der Waals surface area contributed by atoms with Crippen LogP contribution in [0, 0.1) is 0 Å². The summed E-state index contributed by atoms with van der Waals surface area (Å²) in [5.74, 6) is 0. The SMILES string of the molecule is C=C(C)CC[Si](c1ccccc1)(c1ccccc1)c1ccccc1. The lowest BCUT2D eigenvalue weighted by molar-refractivity contribution is 1.08. The van der Waals surface area contributed by atoms with Crippen LogP contribution in [-0.4, -0.2) is 8.07 Å². The van der Waals surface area contributed by atoms with Crippen molar-refractivity contribution in [2.24, 2.45) is 0 Å². The number of hydrogen-bond acceptors (Lipinski definition) is 0. The van der Waals surface area contributed by atoms with Crippen LogP contribution in [0.2, 0.25) is 6.04 Å². The lowest BCUT2D eigenvalue weighted by Gasteiger charge is -2.34. The summed E-state index contributed by atoms with van der Waals surface area (Å²) in [5.41, 5.74) is 1.26. The van der Waals surface area contributed by atoms with Gasteiger partial charge in [-0.1, -0.05) is 96.6 Å². The molecule has 0 spiro atoms. The molecule has 0 saturated carbocycles. The van der Waals surface area contributed by atoms with Crippen molar-refractivity contribution < 1.29 is 0 Å². The minimum absolute atomic E-state index is 1.06. The molecule has 0 amide bonds. The molecule has 0 aliphatic carbocycles. The maximum Gasteiger partial charge on any atom is 0.148 e. The van der Waals surface area contributed by atoms with Crippen LogP contribution in [0.1, 0.15) is 13.3 Å². The van der Waals surface area contributed by atoms with E-state index in [9.17, 15) is 0 Å². The van der Waals surface area contributed by atoms with Crippen molar-refractivity contribution in [2.75, 3.05) is 0 Å². The van der Waals surface area contributed by atoms with Crippen LogP contribution in [0.4, 0.5) is 0 Å². The van der Waals surface area contributed by atoms with Crippen LogP contribution in [0.3, 0.4) is 0 Å². The highest BCUT2D eigenvalue weighted by molar-refractivity contribution is 7.11. The van der Waals surface area contributed by atoms with E-state index in [0.717, 1.165) is 12.5 Å². The summed E-state index contributed by atoms with van der Waals surface area (Å²) in [6, 6.07) is 34.4. The lowest BCUT2D eigenvalue weighted by Crippen LogP contribution is -2.66. The topological polar surface area (TPSA) is 0 Å². The summed E-state index contributed by atoms with van der Waals surface area (Å²) in [6.45, 7) is 6.30. The van der Waals surface area contributed by atoms with Gasteiger partial charge in [-0.15, -0.1) is 6.58 Å². The molecule has 24 heavy (non-hydrogen) atoms. The largest absolute Gasteiger partial charge is 0.148 e. The van der Waals surface area contributed by atoms with Crippen LogP contribution in [0.15, 0.2) is 103 Å². The van der Waals surface area contributed by atoms with E-state index < -0.39 is 8.07 Å². The van der Waals surface area contributed by atoms with Gasteiger partial charge in [0.1, 0.15) is 8.07 Å². The molecule has 0 radical (unpaired) electrons. The maximum absolute atomic E-state index is 4.16. The molecule has 3 aromatic carbocycles. The third-order valence-corrected chi connectivity index (χ3v) is 9.68. The van der Waals surface area contributed by atoms with E-state index in [1.807, 2.05) is 0 Å². The fourth-order valence-electron chi connectivity index (χ4n) is 3.50. The second-order valence-electron chi connectivity index (χ2n) is 6.46. The Morgan fingerprint density at radius 3 is 1.29 bits per heavy atom. The Kier molecular flexibility index (Phi) is 5.12. The van der Waals surface area contributed by atoms with E-state index in [0.29, 0.717) is 0 Å². The average Bonchev–Trinajstić information content (AvgIpc) is 2.65. The van der Waals surface area contributed by atoms with Gasteiger partial charge in [0.2, 0.25) is 0 Å². The number of rotatable bonds is 6. The average molecular weight is 329 g/mol. The number of allylic oxidation sites excluding steroid dienone is 1. The normalized spacial score (nSPS) is 11.2. The summed E-state index contributed by atoms with van der Waals surface area (Å²) in [4.78, 5) is 0. The first kappa shape index (κ1) is 16.5. The van der Waals surface area contributed by atoms with Crippen molar-refractivity contribution in [3.63, 3.8) is 0 Å². The minimum atomic E-state index is -2.05. The van der Waals surface area contributed by atoms with E-state index in [2.05, 4.69) is 104 Å². The highest BCUT2D eigenvalue weighted by Gasteiger charge is 2.38. The molecular weight excluding hydrogens is 304 g/mol. The van der Waals surface area contributed by atoms with Gasteiger partial charge in [0.25, 0.3) is 0 Å². The summed E-state index contributed by atoms with van der Waals surface area (Å²) in [7, 11) is -2.05. The maximum atomic E-state index is 4.16. The van der Waals surface area contributed by atoms with Crippen LogP contribution in [0.25, 0.3) is 0 Å². The van der Waals surface area contributed by atoms with E-state index in [-0.39, 0.29) is 0 Å². The van der Waals surface area contributed by atoms with Crippen molar-refractivity contribution >= 4 is 23.6 Å². The van der Waals surface area contributed by atoms with Gasteiger partial charge >= 0.3 is 0 Å². The second kappa shape index (κ2) is 7.46. The smallest absolute Gasteiger partial charge is 0.100 e. The monoisotopic (exact) mass is 328 g/mol. The molecule has 0 aliphatic rings. The zero-order valence-corrected chi connectivity index (χ0v) is 15.3. The zero-order valence-electron chi connectivity index (χ0n) is 14.3. The predicted molar refractivity (Wildman–Crippen MR) is 108 cm³/mol. The summed E-state index contributed by atoms with van der Waals surface area (Å²) in [6.07, 6.45) is 1.06. The molecule has 1 heteroatoms. The van der Waals surface area contributed by atoms with Gasteiger partial charge in [-0.05, 0) is 34.9 Å². The Morgan fingerprint density at radius 1 is 0.667 bits per heavy atom. The quantitative estimate of drug-likeness (QED) is 0.363. The first-order valence-electron chi connectivity index (χ1n) is 8.54. The molecule has 0 nitrogen and oxygen atoms in total. The Hall–Kier alpha value is -2.38. The third-order valence-electron chi connectivity index (χ3n) is 4.73. The van der Waals surface area contributed by atoms with E-state index in [1.165, 1.54) is 21.1 Å². The molecule has 0 atom stereocenters. The van der Waals surface area contributed by atoms with Gasteiger partial charge in [-0.2, -0.15) is 0 Å². The zero-order chi connectivity index (χ0) is 16.8. The van der Waals surface area contributed by atoms with Crippen molar-refractivity contribution in [1.82, 2.24) is 0 Å². The standard InChI is InChI=1S/C23H24Si/c1-20(2)18-19-24(21-12-6-3-7-13-21,22-14-8-4-9-15-22)23-16-10-5-11-17-23/h3-17H,1,18-19H2,2H3. The predicted octanol–water partition coefficient (Wildman–Crippen LogP) is 4.12. The van der Waals surface area contributed by atoms with Crippen molar-refractivity contribution in [2.45, 2.75) is 19.4 Å². The number of benzene rings is 3. The third kappa shape index (κ3) is 3.27. The van der Waals surface area contributed by atoms with Crippen LogP contribution in [0.5, 0.6) is 0 Å². The van der Waals surface area contributed by atoms with Crippen molar-refractivity contribution in [1.29, 1.82) is 0 Å². The Labute approximate surface area is 146 Å². The summed E-state index contributed by atoms with van der Waals surface area (Å²) < 4.78 is 0. The highest BCUT2D eigenvalue weighted by atomic mass is 28.3. The van der Waals surface area contributed by atoms with E-state index in [4.69, 9.17) is 0 Å². The van der Waals surface area contributed by atoms with Crippen LogP contribution >= 0.6 is 0 Å². The molecule has 0 aliphatic heterocycles. The fourth-order valence-corrected chi connectivity index (χ4v) is 8.45. The van der Waals surface area contributed by atoms with Gasteiger partial charge < -0.3 is 0 Å². The van der Waals surface area contributed by atoms with E-state index in [1.54, 1.807) is 0 Å². The van der Waals surface area contributed by atoms with Crippen LogP contribution in [-0.2, 0) is 0 Å². The molecule has 3 rings (SSSR count). The van der Waals surface area contributed by atoms with Gasteiger partial charge in [0.15, 0.2) is 0 Å². The molecule has 3 aromatic rings. The van der Waals surface area contributed by atoms with Gasteiger partial charge in [0, 0.05) is 0 Å². The van der Waals surface area contributed by atoms with E-state index >= 15 is 0 Å². The molecule has 0 unspecified atom stereocenters. The Balaban J connectivity index is 2.26. The molecule has 0 bridgehead atoms. The molecular formula is C23H24Si. The first-order valence-corrected chi connectivity index (χ1v) is 10.7. The molecule has 0 fully saturated rings.